The van der Waals surface area contributed by atoms with Crippen molar-refractivity contribution >= 4 is 17.9 Å². The van der Waals surface area contributed by atoms with Gasteiger partial charge in [-0.05, 0) is 19.8 Å². The van der Waals surface area contributed by atoms with Crippen LogP contribution in [-0.2, 0) is 19.1 Å². The number of hydrogen-bond acceptors (Lipinski definition) is 7. The molecule has 5 N–H and O–H groups in total. The van der Waals surface area contributed by atoms with Gasteiger partial charge in [0.05, 0.1) is 25.2 Å². The van der Waals surface area contributed by atoms with Crippen molar-refractivity contribution in [3.05, 3.63) is 12.2 Å². The molecular weight excluding hydrogens is 419 g/mol. The second kappa shape index (κ2) is 22.2. The molecule has 9 nitrogen and oxygen atoms in total. The van der Waals surface area contributed by atoms with E-state index in [-0.39, 0.29) is 56.0 Å². The van der Waals surface area contributed by atoms with Gasteiger partial charge >= 0.3 is 47.5 Å². The Morgan fingerprint density at radius 3 is 1.35 bits per heavy atom. The molecule has 0 radical (unpaired) electrons. The molecule has 0 atom stereocenters. The van der Waals surface area contributed by atoms with E-state index in [0.29, 0.717) is 0 Å². The van der Waals surface area contributed by atoms with Crippen molar-refractivity contribution in [3.8, 4) is 0 Å². The van der Waals surface area contributed by atoms with Gasteiger partial charge in [0.1, 0.15) is 6.61 Å². The molecule has 0 spiro atoms. The number of ether oxygens (including phenoxy) is 1. The number of rotatable bonds is 17. The zero-order valence-corrected chi connectivity index (χ0v) is 21.0. The summed E-state index contributed by atoms with van der Waals surface area (Å²) < 4.78 is 4.72. The maximum absolute atomic E-state index is 11.0. The SMILES string of the molecule is C=C(C)C(=O)OCC(CO)(CO)CO.O=C(O)CCCCCCCCCCC(=O)O.[H-].[Na+]. The maximum Gasteiger partial charge on any atom is 1.00 e. The van der Waals surface area contributed by atoms with Crippen molar-refractivity contribution in [2.75, 3.05) is 26.4 Å². The number of aliphatic hydroxyl groups excluding tert-OH is 3. The van der Waals surface area contributed by atoms with Gasteiger partial charge in [0.15, 0.2) is 0 Å². The number of carboxylic acids is 2. The second-order valence-corrected chi connectivity index (χ2v) is 7.45. The van der Waals surface area contributed by atoms with E-state index in [1.165, 1.54) is 6.92 Å². The molecule has 0 aromatic heterocycles. The van der Waals surface area contributed by atoms with Gasteiger partial charge in [0, 0.05) is 18.4 Å². The van der Waals surface area contributed by atoms with Crippen LogP contribution in [0, 0.1) is 5.41 Å². The molecule has 31 heavy (non-hydrogen) atoms. The molecule has 0 amide bonds. The van der Waals surface area contributed by atoms with Crippen LogP contribution in [0.1, 0.15) is 72.6 Å². The van der Waals surface area contributed by atoms with E-state index in [4.69, 9.17) is 30.3 Å². The molecule has 0 heterocycles. The predicted octanol–water partition coefficient (Wildman–Crippen LogP) is -0.758. The van der Waals surface area contributed by atoms with Crippen LogP contribution in [0.25, 0.3) is 0 Å². The summed E-state index contributed by atoms with van der Waals surface area (Å²) in [5, 5.41) is 43.5. The average Bonchev–Trinajstić information content (AvgIpc) is 2.70. The van der Waals surface area contributed by atoms with Gasteiger partial charge in [-0.15, -0.1) is 0 Å². The van der Waals surface area contributed by atoms with Crippen molar-refractivity contribution in [2.24, 2.45) is 5.41 Å². The summed E-state index contributed by atoms with van der Waals surface area (Å²) in [6.45, 7) is 3.26. The van der Waals surface area contributed by atoms with Crippen molar-refractivity contribution in [2.45, 2.75) is 71.1 Å². The normalized spacial score (nSPS) is 10.3. The Morgan fingerprint density at radius 2 is 1.10 bits per heavy atom. The summed E-state index contributed by atoms with van der Waals surface area (Å²) in [4.78, 5) is 31.4. The molecule has 178 valence electrons. The van der Waals surface area contributed by atoms with E-state index < -0.39 is 43.1 Å². The first kappa shape index (κ1) is 34.6. The Morgan fingerprint density at radius 1 is 0.774 bits per heavy atom. The number of aliphatic carboxylic acids is 2. The molecule has 0 rings (SSSR count). The van der Waals surface area contributed by atoms with Crippen LogP contribution in [0.4, 0.5) is 0 Å². The molecule has 0 fully saturated rings. The second-order valence-electron chi connectivity index (χ2n) is 7.45. The predicted molar refractivity (Wildman–Crippen MR) is 112 cm³/mol. The van der Waals surface area contributed by atoms with Crippen LogP contribution in [0.5, 0.6) is 0 Å². The third kappa shape index (κ3) is 22.0. The molecular formula is C21H39NaO9. The summed E-state index contributed by atoms with van der Waals surface area (Å²) in [6.07, 6.45) is 8.51. The van der Waals surface area contributed by atoms with Gasteiger partial charge in [0.25, 0.3) is 0 Å². The Bertz CT molecular complexity index is 481. The quantitative estimate of drug-likeness (QED) is 0.0816. The number of carbonyl (C=O) groups excluding carboxylic acids is 1. The average molecular weight is 459 g/mol. The number of esters is 1. The minimum atomic E-state index is -1.18. The van der Waals surface area contributed by atoms with Crippen LogP contribution < -0.4 is 29.6 Å². The van der Waals surface area contributed by atoms with Crippen LogP contribution in [0.3, 0.4) is 0 Å². The zero-order chi connectivity index (χ0) is 23.4. The van der Waals surface area contributed by atoms with Gasteiger partial charge in [-0.1, -0.05) is 45.1 Å². The topological polar surface area (TPSA) is 162 Å². The molecule has 0 aromatic carbocycles. The fourth-order valence-corrected chi connectivity index (χ4v) is 2.24. The van der Waals surface area contributed by atoms with Crippen LogP contribution in [0.15, 0.2) is 12.2 Å². The Hall–Kier alpha value is -0.970. The third-order valence-corrected chi connectivity index (χ3v) is 4.40. The van der Waals surface area contributed by atoms with Gasteiger partial charge in [-0.25, -0.2) is 4.79 Å². The number of hydrogen-bond donors (Lipinski definition) is 5. The fraction of sp³-hybridized carbons (Fsp3) is 0.762. The smallest absolute Gasteiger partial charge is 1.00 e. The zero-order valence-electron chi connectivity index (χ0n) is 20.0. The van der Waals surface area contributed by atoms with Crippen LogP contribution in [0.2, 0.25) is 0 Å². The number of unbranched alkanes of at least 4 members (excludes halogenated alkanes) is 7. The van der Waals surface area contributed by atoms with Crippen molar-refractivity contribution < 1.29 is 75.6 Å². The minimum absolute atomic E-state index is 0. The van der Waals surface area contributed by atoms with Gasteiger partial charge in [-0.2, -0.15) is 0 Å². The van der Waals surface area contributed by atoms with Crippen molar-refractivity contribution in [1.29, 1.82) is 0 Å². The molecule has 0 aliphatic carbocycles. The van der Waals surface area contributed by atoms with E-state index in [1.807, 2.05) is 0 Å². The molecule has 0 unspecified atom stereocenters. The third-order valence-electron chi connectivity index (χ3n) is 4.40. The van der Waals surface area contributed by atoms with E-state index in [1.54, 1.807) is 0 Å². The maximum atomic E-state index is 11.0. The van der Waals surface area contributed by atoms with E-state index >= 15 is 0 Å². The molecule has 0 bridgehead atoms. The Balaban J connectivity index is -0.000000232. The summed E-state index contributed by atoms with van der Waals surface area (Å²) >= 11 is 0. The number of aliphatic hydroxyl groups is 3. The van der Waals surface area contributed by atoms with Gasteiger partial charge < -0.3 is 31.7 Å². The first-order valence-electron chi connectivity index (χ1n) is 10.2. The van der Waals surface area contributed by atoms with E-state index in [0.717, 1.165) is 51.4 Å². The van der Waals surface area contributed by atoms with Crippen molar-refractivity contribution in [1.82, 2.24) is 0 Å². The molecule has 0 aliphatic rings. The molecule has 0 aliphatic heterocycles. The summed E-state index contributed by atoms with van der Waals surface area (Å²) in [6, 6.07) is 0. The minimum Gasteiger partial charge on any atom is -1.00 e. The standard InChI is InChI=1S/C12H22O4.C9H16O5.Na.H/c13-11(14)9-7-5-3-1-2-4-6-8-10-12(15)16;1-7(2)8(13)14-6-9(3-10,4-11)5-12;;/h1-10H2,(H,13,14)(H,15,16);10-12H,1,3-6H2,2H3;;/q;;+1;-1. The number of carbonyl (C=O) groups is 3. The van der Waals surface area contributed by atoms with Crippen LogP contribution >= 0.6 is 0 Å². The monoisotopic (exact) mass is 458 g/mol. The summed E-state index contributed by atoms with van der Waals surface area (Å²) in [5.41, 5.74) is -0.946. The van der Waals surface area contributed by atoms with Crippen LogP contribution in [-0.4, -0.2) is 69.9 Å². The van der Waals surface area contributed by atoms with Gasteiger partial charge in [0.2, 0.25) is 0 Å². The first-order valence-corrected chi connectivity index (χ1v) is 10.2. The van der Waals surface area contributed by atoms with Gasteiger partial charge in [-0.3, -0.25) is 9.59 Å². The molecule has 0 saturated heterocycles. The molecule has 0 aromatic rings. The number of carboxylic acid groups (broad SMARTS) is 2. The van der Waals surface area contributed by atoms with Crippen molar-refractivity contribution in [3.63, 3.8) is 0 Å². The Labute approximate surface area is 208 Å². The summed E-state index contributed by atoms with van der Waals surface area (Å²) in [7, 11) is 0. The van der Waals surface area contributed by atoms with E-state index in [2.05, 4.69) is 6.58 Å². The Kier molecular flexibility index (Phi) is 24.8. The molecule has 10 heteroatoms. The van der Waals surface area contributed by atoms with E-state index in [9.17, 15) is 14.4 Å². The fourth-order valence-electron chi connectivity index (χ4n) is 2.24. The molecule has 0 saturated carbocycles. The first-order chi connectivity index (χ1) is 14.1. The summed E-state index contributed by atoms with van der Waals surface area (Å²) in [5.74, 6) is -2.04. The largest absolute Gasteiger partial charge is 1.00 e.